The maximum atomic E-state index is 12.9. The van der Waals surface area contributed by atoms with Crippen molar-refractivity contribution in [3.63, 3.8) is 0 Å². The van der Waals surface area contributed by atoms with Crippen LogP contribution in [0.25, 0.3) is 11.0 Å². The van der Waals surface area contributed by atoms with E-state index in [0.717, 1.165) is 17.5 Å². The number of rotatable bonds is 2. The molecule has 2 aromatic rings. The molecule has 0 bridgehead atoms. The number of fused-ring (bicyclic) bond motifs is 1. The molecule has 0 amide bonds. The van der Waals surface area contributed by atoms with Gasteiger partial charge in [0.05, 0.1) is 6.20 Å². The van der Waals surface area contributed by atoms with Gasteiger partial charge in [-0.15, -0.1) is 0 Å². The lowest BCUT2D eigenvalue weighted by molar-refractivity contribution is 0.622. The third-order valence-electron chi connectivity index (χ3n) is 2.18. The number of halogens is 1. The molecule has 3 heteroatoms. The molecule has 0 aromatic carbocycles. The van der Waals surface area contributed by atoms with Crippen molar-refractivity contribution in [2.24, 2.45) is 5.92 Å². The highest BCUT2D eigenvalue weighted by Crippen LogP contribution is 2.13. The predicted molar refractivity (Wildman–Crippen MR) is 58.0 cm³/mol. The maximum absolute atomic E-state index is 12.9. The Morgan fingerprint density at radius 2 is 2.13 bits per heavy atom. The Labute approximate surface area is 88.2 Å². The predicted octanol–water partition coefficient (Wildman–Crippen LogP) is 2.97. The molecule has 2 rings (SSSR count). The van der Waals surface area contributed by atoms with Gasteiger partial charge >= 0.3 is 0 Å². The number of pyridine rings is 2. The van der Waals surface area contributed by atoms with Gasteiger partial charge in [0.2, 0.25) is 0 Å². The van der Waals surface area contributed by atoms with E-state index in [9.17, 15) is 4.39 Å². The van der Waals surface area contributed by atoms with Crippen LogP contribution in [0.3, 0.4) is 0 Å². The highest BCUT2D eigenvalue weighted by molar-refractivity contribution is 5.74. The van der Waals surface area contributed by atoms with Crippen molar-refractivity contribution in [3.05, 3.63) is 35.9 Å². The molecule has 15 heavy (non-hydrogen) atoms. The van der Waals surface area contributed by atoms with E-state index in [4.69, 9.17) is 0 Å². The lowest BCUT2D eigenvalue weighted by Gasteiger charge is -2.04. The van der Waals surface area contributed by atoms with Crippen molar-refractivity contribution in [1.29, 1.82) is 0 Å². The molecule has 0 saturated heterocycles. The van der Waals surface area contributed by atoms with E-state index in [1.807, 2.05) is 12.1 Å². The average Bonchev–Trinajstić information content (AvgIpc) is 2.17. The molecule has 2 heterocycles. The largest absolute Gasteiger partial charge is 0.234 e. The van der Waals surface area contributed by atoms with E-state index >= 15 is 0 Å². The Morgan fingerprint density at radius 3 is 2.87 bits per heavy atom. The first-order valence-corrected chi connectivity index (χ1v) is 5.06. The zero-order valence-corrected chi connectivity index (χ0v) is 8.87. The molecule has 0 aliphatic heterocycles. The highest BCUT2D eigenvalue weighted by Gasteiger charge is 2.02. The standard InChI is InChI=1S/C12H13FN2/c1-8(2)5-11-4-3-9-6-10(13)7-14-12(9)15-11/h3-4,6-8H,5H2,1-2H3. The Morgan fingerprint density at radius 1 is 1.33 bits per heavy atom. The van der Waals surface area contributed by atoms with Crippen molar-refractivity contribution in [2.45, 2.75) is 20.3 Å². The molecule has 0 saturated carbocycles. The van der Waals surface area contributed by atoms with E-state index in [0.29, 0.717) is 11.6 Å². The summed E-state index contributed by atoms with van der Waals surface area (Å²) < 4.78 is 12.9. The Balaban J connectivity index is 2.43. The fraction of sp³-hybridized carbons (Fsp3) is 0.333. The van der Waals surface area contributed by atoms with Gasteiger partial charge in [0.25, 0.3) is 0 Å². The molecule has 2 nitrogen and oxygen atoms in total. The zero-order valence-electron chi connectivity index (χ0n) is 8.87. The van der Waals surface area contributed by atoms with Crippen molar-refractivity contribution in [3.8, 4) is 0 Å². The van der Waals surface area contributed by atoms with Crippen LogP contribution in [0.2, 0.25) is 0 Å². The van der Waals surface area contributed by atoms with Crippen molar-refractivity contribution >= 4 is 11.0 Å². The molecular weight excluding hydrogens is 191 g/mol. The molecule has 0 spiro atoms. The Kier molecular flexibility index (Phi) is 2.62. The fourth-order valence-corrected chi connectivity index (χ4v) is 1.56. The third-order valence-corrected chi connectivity index (χ3v) is 2.18. The summed E-state index contributed by atoms with van der Waals surface area (Å²) in [5.74, 6) is 0.247. The van der Waals surface area contributed by atoms with Crippen LogP contribution in [0.15, 0.2) is 24.4 Å². The Bertz CT molecular complexity index is 480. The molecule has 0 radical (unpaired) electrons. The normalized spacial score (nSPS) is 11.2. The second kappa shape index (κ2) is 3.93. The van der Waals surface area contributed by atoms with Crippen LogP contribution in [0, 0.1) is 11.7 Å². The van der Waals surface area contributed by atoms with E-state index in [1.54, 1.807) is 0 Å². The quantitative estimate of drug-likeness (QED) is 0.751. The molecule has 0 N–H and O–H groups in total. The van der Waals surface area contributed by atoms with Gasteiger partial charge in [0, 0.05) is 11.1 Å². The molecule has 0 aliphatic rings. The van der Waals surface area contributed by atoms with Gasteiger partial charge in [-0.05, 0) is 30.5 Å². The van der Waals surface area contributed by atoms with Gasteiger partial charge in [-0.2, -0.15) is 0 Å². The number of nitrogens with zero attached hydrogens (tertiary/aromatic N) is 2. The lowest BCUT2D eigenvalue weighted by Crippen LogP contribution is -1.98. The average molecular weight is 204 g/mol. The molecule has 0 unspecified atom stereocenters. The van der Waals surface area contributed by atoms with Crippen molar-refractivity contribution in [1.82, 2.24) is 9.97 Å². The first-order valence-electron chi connectivity index (χ1n) is 5.06. The smallest absolute Gasteiger partial charge is 0.159 e. The van der Waals surface area contributed by atoms with Crippen LogP contribution in [0.4, 0.5) is 4.39 Å². The first-order chi connectivity index (χ1) is 7.15. The van der Waals surface area contributed by atoms with Crippen molar-refractivity contribution < 1.29 is 4.39 Å². The summed E-state index contributed by atoms with van der Waals surface area (Å²) in [4.78, 5) is 8.34. The van der Waals surface area contributed by atoms with Crippen LogP contribution in [-0.4, -0.2) is 9.97 Å². The number of aromatic nitrogens is 2. The maximum Gasteiger partial charge on any atom is 0.159 e. The van der Waals surface area contributed by atoms with E-state index in [-0.39, 0.29) is 5.82 Å². The molecule has 2 aromatic heterocycles. The van der Waals surface area contributed by atoms with Gasteiger partial charge in [-0.3, -0.25) is 0 Å². The van der Waals surface area contributed by atoms with Gasteiger partial charge in [-0.1, -0.05) is 13.8 Å². The Hall–Kier alpha value is -1.51. The van der Waals surface area contributed by atoms with Gasteiger partial charge < -0.3 is 0 Å². The van der Waals surface area contributed by atoms with Crippen LogP contribution in [0.5, 0.6) is 0 Å². The summed E-state index contributed by atoms with van der Waals surface area (Å²) in [6, 6.07) is 5.26. The second-order valence-corrected chi connectivity index (χ2v) is 4.10. The molecular formula is C12H13FN2. The van der Waals surface area contributed by atoms with Crippen LogP contribution >= 0.6 is 0 Å². The minimum Gasteiger partial charge on any atom is -0.234 e. The second-order valence-electron chi connectivity index (χ2n) is 4.10. The molecule has 0 fully saturated rings. The van der Waals surface area contributed by atoms with Crippen LogP contribution < -0.4 is 0 Å². The number of hydrogen-bond acceptors (Lipinski definition) is 2. The number of hydrogen-bond donors (Lipinski definition) is 0. The van der Waals surface area contributed by atoms with Gasteiger partial charge in [0.1, 0.15) is 5.82 Å². The third kappa shape index (κ3) is 2.29. The summed E-state index contributed by atoms with van der Waals surface area (Å²) in [5, 5.41) is 0.752. The first kappa shape index (κ1) is 10.0. The SMILES string of the molecule is CC(C)Cc1ccc2cc(F)cnc2n1. The summed E-state index contributed by atoms with van der Waals surface area (Å²) in [6.07, 6.45) is 2.13. The van der Waals surface area contributed by atoms with E-state index in [1.165, 1.54) is 12.3 Å². The van der Waals surface area contributed by atoms with E-state index in [2.05, 4.69) is 23.8 Å². The molecule has 0 aliphatic carbocycles. The summed E-state index contributed by atoms with van der Waals surface area (Å²) in [5.41, 5.74) is 1.63. The van der Waals surface area contributed by atoms with Crippen LogP contribution in [-0.2, 0) is 6.42 Å². The van der Waals surface area contributed by atoms with Crippen LogP contribution in [0.1, 0.15) is 19.5 Å². The van der Waals surface area contributed by atoms with E-state index < -0.39 is 0 Å². The topological polar surface area (TPSA) is 25.8 Å². The van der Waals surface area contributed by atoms with Gasteiger partial charge in [-0.25, -0.2) is 14.4 Å². The molecule has 0 atom stereocenters. The summed E-state index contributed by atoms with van der Waals surface area (Å²) >= 11 is 0. The highest BCUT2D eigenvalue weighted by atomic mass is 19.1. The fourth-order valence-electron chi connectivity index (χ4n) is 1.56. The summed E-state index contributed by atoms with van der Waals surface area (Å²) in [6.45, 7) is 4.29. The lowest BCUT2D eigenvalue weighted by atomic mass is 10.1. The van der Waals surface area contributed by atoms with Gasteiger partial charge in [0.15, 0.2) is 5.65 Å². The minimum atomic E-state index is -0.319. The molecule has 78 valence electrons. The summed E-state index contributed by atoms with van der Waals surface area (Å²) in [7, 11) is 0. The minimum absolute atomic E-state index is 0.319. The zero-order chi connectivity index (χ0) is 10.8. The van der Waals surface area contributed by atoms with Crippen molar-refractivity contribution in [2.75, 3.05) is 0 Å². The monoisotopic (exact) mass is 204 g/mol.